The molecular weight excluding hydrogens is 391 g/mol. The number of guanidine groups is 1. The normalized spacial score (nSPS) is 29.4. The summed E-state index contributed by atoms with van der Waals surface area (Å²) in [7, 11) is 0. The summed E-state index contributed by atoms with van der Waals surface area (Å²) in [5.41, 5.74) is 0. The van der Waals surface area contributed by atoms with E-state index in [9.17, 15) is 5.11 Å². The van der Waals surface area contributed by atoms with E-state index in [4.69, 9.17) is 0 Å². The van der Waals surface area contributed by atoms with Gasteiger partial charge in [-0.25, -0.2) is 0 Å². The fraction of sp³-hybridized carbons (Fsp3) is 0.938. The van der Waals surface area contributed by atoms with E-state index in [-0.39, 0.29) is 30.1 Å². The summed E-state index contributed by atoms with van der Waals surface area (Å²) in [6.45, 7) is 9.26. The molecule has 0 radical (unpaired) electrons. The standard InChI is InChI=1S/C16H32N4O.HI/c1-3-17-16(18-11-13-7-5-9-15(13)21)19-12-14-8-6-10-20(14)4-2;/h13-15,21H,3-12H2,1-2H3,(H2,17,18,19);1H. The van der Waals surface area contributed by atoms with Gasteiger partial charge in [0.15, 0.2) is 5.96 Å². The van der Waals surface area contributed by atoms with Gasteiger partial charge in [0.1, 0.15) is 0 Å². The number of nitrogens with zero attached hydrogens (tertiary/aromatic N) is 2. The van der Waals surface area contributed by atoms with Gasteiger partial charge in [-0.3, -0.25) is 9.89 Å². The van der Waals surface area contributed by atoms with Crippen LogP contribution in [0, 0.1) is 5.92 Å². The number of likely N-dealkylation sites (tertiary alicyclic amines) is 1. The molecule has 0 aromatic rings. The summed E-state index contributed by atoms with van der Waals surface area (Å²) in [4.78, 5) is 7.21. The van der Waals surface area contributed by atoms with Crippen molar-refractivity contribution in [3.63, 3.8) is 0 Å². The van der Waals surface area contributed by atoms with E-state index in [1.165, 1.54) is 19.4 Å². The predicted octanol–water partition coefficient (Wildman–Crippen LogP) is 1.80. The summed E-state index contributed by atoms with van der Waals surface area (Å²) < 4.78 is 0. The molecule has 3 N–H and O–H groups in total. The second-order valence-corrected chi connectivity index (χ2v) is 6.28. The molecule has 1 heterocycles. The first-order valence-electron chi connectivity index (χ1n) is 8.68. The molecule has 2 rings (SSSR count). The Kier molecular flexibility index (Phi) is 9.66. The van der Waals surface area contributed by atoms with Crippen LogP contribution in [0.4, 0.5) is 0 Å². The average molecular weight is 424 g/mol. The molecule has 1 aliphatic heterocycles. The van der Waals surface area contributed by atoms with Crippen molar-refractivity contribution in [2.75, 3.05) is 32.7 Å². The van der Waals surface area contributed by atoms with E-state index in [0.29, 0.717) is 12.0 Å². The lowest BCUT2D eigenvalue weighted by Crippen LogP contribution is -2.45. The lowest BCUT2D eigenvalue weighted by Gasteiger charge is -2.24. The Balaban J connectivity index is 0.00000242. The molecule has 22 heavy (non-hydrogen) atoms. The van der Waals surface area contributed by atoms with Gasteiger partial charge in [0.05, 0.1) is 6.10 Å². The molecule has 0 aromatic heterocycles. The minimum Gasteiger partial charge on any atom is -0.393 e. The van der Waals surface area contributed by atoms with Crippen LogP contribution in [0.15, 0.2) is 4.99 Å². The molecule has 2 fully saturated rings. The molecule has 6 heteroatoms. The van der Waals surface area contributed by atoms with Crippen molar-refractivity contribution in [2.45, 2.75) is 58.1 Å². The van der Waals surface area contributed by atoms with E-state index in [1.807, 2.05) is 0 Å². The van der Waals surface area contributed by atoms with Crippen LogP contribution in [0.2, 0.25) is 0 Å². The zero-order valence-corrected chi connectivity index (χ0v) is 16.4. The van der Waals surface area contributed by atoms with E-state index < -0.39 is 0 Å². The summed E-state index contributed by atoms with van der Waals surface area (Å²) >= 11 is 0. The van der Waals surface area contributed by atoms with Crippen LogP contribution in [0.3, 0.4) is 0 Å². The van der Waals surface area contributed by atoms with Crippen LogP contribution in [0.5, 0.6) is 0 Å². The fourth-order valence-corrected chi connectivity index (χ4v) is 3.54. The molecule has 5 nitrogen and oxygen atoms in total. The van der Waals surface area contributed by atoms with Crippen molar-refractivity contribution in [1.82, 2.24) is 15.5 Å². The number of aliphatic hydroxyl groups is 1. The summed E-state index contributed by atoms with van der Waals surface area (Å²) in [5.74, 6) is 1.25. The zero-order chi connectivity index (χ0) is 15.1. The number of likely N-dealkylation sites (N-methyl/N-ethyl adjacent to an activating group) is 1. The number of rotatable bonds is 6. The number of nitrogens with one attached hydrogen (secondary N) is 2. The van der Waals surface area contributed by atoms with Gasteiger partial charge in [0.2, 0.25) is 0 Å². The predicted molar refractivity (Wildman–Crippen MR) is 103 cm³/mol. The van der Waals surface area contributed by atoms with Crippen LogP contribution in [-0.4, -0.2) is 60.8 Å². The molecule has 130 valence electrons. The van der Waals surface area contributed by atoms with Crippen molar-refractivity contribution < 1.29 is 5.11 Å². The van der Waals surface area contributed by atoms with Gasteiger partial charge in [-0.1, -0.05) is 13.3 Å². The van der Waals surface area contributed by atoms with Crippen LogP contribution in [-0.2, 0) is 0 Å². The third-order valence-corrected chi connectivity index (χ3v) is 4.86. The molecule has 1 saturated carbocycles. The molecule has 3 atom stereocenters. The maximum Gasteiger partial charge on any atom is 0.191 e. The number of halogens is 1. The highest BCUT2D eigenvalue weighted by molar-refractivity contribution is 14.0. The molecule has 1 saturated heterocycles. The Bertz CT molecular complexity index is 340. The molecule has 0 aromatic carbocycles. The van der Waals surface area contributed by atoms with Crippen LogP contribution in [0.25, 0.3) is 0 Å². The zero-order valence-electron chi connectivity index (χ0n) is 14.1. The number of hydrogen-bond acceptors (Lipinski definition) is 3. The van der Waals surface area contributed by atoms with E-state index in [0.717, 1.165) is 51.4 Å². The molecule has 0 bridgehead atoms. The summed E-state index contributed by atoms with van der Waals surface area (Å²) in [5, 5.41) is 16.7. The van der Waals surface area contributed by atoms with Crippen molar-refractivity contribution >= 4 is 29.9 Å². The number of aliphatic hydroxyl groups excluding tert-OH is 1. The van der Waals surface area contributed by atoms with Crippen molar-refractivity contribution in [3.05, 3.63) is 0 Å². The SMILES string of the molecule is CCNC(=NCC1CCCC1O)NCC1CCCN1CC.I. The van der Waals surface area contributed by atoms with Crippen molar-refractivity contribution in [1.29, 1.82) is 0 Å². The topological polar surface area (TPSA) is 59.9 Å². The first-order valence-corrected chi connectivity index (χ1v) is 8.68. The van der Waals surface area contributed by atoms with E-state index >= 15 is 0 Å². The fourth-order valence-electron chi connectivity index (χ4n) is 3.54. The molecule has 0 spiro atoms. The quantitative estimate of drug-likeness (QED) is 0.346. The Morgan fingerprint density at radius 3 is 2.64 bits per heavy atom. The first-order chi connectivity index (χ1) is 10.2. The number of aliphatic imine (C=N–C) groups is 1. The van der Waals surface area contributed by atoms with Crippen LogP contribution in [0.1, 0.15) is 46.0 Å². The number of hydrogen-bond donors (Lipinski definition) is 3. The highest BCUT2D eigenvalue weighted by atomic mass is 127. The average Bonchev–Trinajstić information content (AvgIpc) is 3.10. The smallest absolute Gasteiger partial charge is 0.191 e. The van der Waals surface area contributed by atoms with Crippen LogP contribution >= 0.6 is 24.0 Å². The van der Waals surface area contributed by atoms with E-state index in [1.54, 1.807) is 0 Å². The van der Waals surface area contributed by atoms with Gasteiger partial charge in [-0.15, -0.1) is 24.0 Å². The van der Waals surface area contributed by atoms with Crippen molar-refractivity contribution in [2.24, 2.45) is 10.9 Å². The molecular formula is C16H33IN4O. The third kappa shape index (κ3) is 5.85. The van der Waals surface area contributed by atoms with Gasteiger partial charge in [0.25, 0.3) is 0 Å². The minimum atomic E-state index is -0.151. The van der Waals surface area contributed by atoms with Gasteiger partial charge in [0, 0.05) is 31.6 Å². The lowest BCUT2D eigenvalue weighted by molar-refractivity contribution is 0.136. The molecule has 1 aliphatic carbocycles. The Morgan fingerprint density at radius 1 is 1.18 bits per heavy atom. The second kappa shape index (κ2) is 10.6. The first kappa shape index (κ1) is 20.0. The molecule has 2 aliphatic rings. The van der Waals surface area contributed by atoms with Gasteiger partial charge in [-0.05, 0) is 45.7 Å². The van der Waals surface area contributed by atoms with Crippen LogP contribution < -0.4 is 10.6 Å². The summed E-state index contributed by atoms with van der Waals surface area (Å²) in [6, 6.07) is 0.635. The maximum absolute atomic E-state index is 9.88. The third-order valence-electron chi connectivity index (χ3n) is 4.86. The Labute approximate surface area is 152 Å². The Morgan fingerprint density at radius 2 is 2.00 bits per heavy atom. The van der Waals surface area contributed by atoms with E-state index in [2.05, 4.69) is 34.4 Å². The molecule has 3 unspecified atom stereocenters. The minimum absolute atomic E-state index is 0. The van der Waals surface area contributed by atoms with Gasteiger partial charge in [-0.2, -0.15) is 0 Å². The Hall–Kier alpha value is -0.0800. The van der Waals surface area contributed by atoms with Gasteiger partial charge >= 0.3 is 0 Å². The molecule has 0 amide bonds. The highest BCUT2D eigenvalue weighted by Gasteiger charge is 2.25. The second-order valence-electron chi connectivity index (χ2n) is 6.28. The lowest BCUT2D eigenvalue weighted by atomic mass is 10.1. The summed E-state index contributed by atoms with van der Waals surface area (Å²) in [6.07, 6.45) is 5.62. The van der Waals surface area contributed by atoms with Gasteiger partial charge < -0.3 is 15.7 Å². The van der Waals surface area contributed by atoms with Crippen molar-refractivity contribution in [3.8, 4) is 0 Å². The largest absolute Gasteiger partial charge is 0.393 e. The highest BCUT2D eigenvalue weighted by Crippen LogP contribution is 2.25. The maximum atomic E-state index is 9.88. The monoisotopic (exact) mass is 424 g/mol.